The van der Waals surface area contributed by atoms with E-state index in [2.05, 4.69) is 15.1 Å². The molecular formula is C37H41F3N4O3S. The minimum atomic E-state index is -4.50. The SMILES string of the molecule is C[C@H](NC(=O)c1c(CN2CCC(N3CCCCC3)CC2)c(-c2ccc(C(F)(F)F)cc2)nc2ccc(S(C)(=O)=O)cc12)c1ccccc1. The molecule has 1 atom stereocenters. The van der Waals surface area contributed by atoms with Crippen molar-refractivity contribution in [3.63, 3.8) is 0 Å². The van der Waals surface area contributed by atoms with Crippen LogP contribution in [0.5, 0.6) is 0 Å². The predicted octanol–water partition coefficient (Wildman–Crippen LogP) is 7.27. The van der Waals surface area contributed by atoms with Gasteiger partial charge in [0.1, 0.15) is 0 Å². The van der Waals surface area contributed by atoms with Gasteiger partial charge in [0.25, 0.3) is 5.91 Å². The van der Waals surface area contributed by atoms with Crippen molar-refractivity contribution in [3.05, 3.63) is 95.1 Å². The second kappa shape index (κ2) is 14.0. The maximum Gasteiger partial charge on any atom is 0.416 e. The normalized spacial score (nSPS) is 17.8. The van der Waals surface area contributed by atoms with Crippen LogP contribution < -0.4 is 5.32 Å². The standard InChI is InChI=1S/C37H41F3N4O3S/c1-25(26-9-5-3-6-10-26)41-36(45)34-31-23-30(48(2,46)47)15-16-33(31)42-35(27-11-13-28(14-12-27)37(38,39)40)32(34)24-43-21-17-29(18-22-43)44-19-7-4-8-20-44/h3,5-6,9-16,23,25,29H,4,7-8,17-22,24H2,1-2H3,(H,41,45)/t25-/m0/s1. The van der Waals surface area contributed by atoms with E-state index in [1.165, 1.54) is 43.5 Å². The maximum atomic E-state index is 14.4. The van der Waals surface area contributed by atoms with Crippen LogP contribution in [-0.2, 0) is 22.6 Å². The van der Waals surface area contributed by atoms with E-state index >= 15 is 0 Å². The molecule has 1 amide bonds. The van der Waals surface area contributed by atoms with Crippen molar-refractivity contribution in [2.45, 2.75) is 68.7 Å². The van der Waals surface area contributed by atoms with E-state index in [1.807, 2.05) is 37.3 Å². The number of aromatic nitrogens is 1. The van der Waals surface area contributed by atoms with Gasteiger partial charge in [-0.3, -0.25) is 9.69 Å². The van der Waals surface area contributed by atoms with E-state index in [4.69, 9.17) is 4.98 Å². The van der Waals surface area contributed by atoms with Gasteiger partial charge in [-0.25, -0.2) is 13.4 Å². The van der Waals surface area contributed by atoms with Gasteiger partial charge in [-0.15, -0.1) is 0 Å². The number of benzene rings is 3. The molecule has 3 aromatic carbocycles. The Morgan fingerprint density at radius 2 is 1.60 bits per heavy atom. The highest BCUT2D eigenvalue weighted by molar-refractivity contribution is 7.90. The predicted molar refractivity (Wildman–Crippen MR) is 181 cm³/mol. The van der Waals surface area contributed by atoms with Gasteiger partial charge in [0.05, 0.1) is 33.3 Å². The highest BCUT2D eigenvalue weighted by atomic mass is 32.2. The van der Waals surface area contributed by atoms with E-state index < -0.39 is 27.5 Å². The van der Waals surface area contributed by atoms with Crippen LogP contribution in [0.3, 0.4) is 0 Å². The third-order valence-corrected chi connectivity index (χ3v) is 10.8. The fraction of sp³-hybridized carbons (Fsp3) is 0.405. The monoisotopic (exact) mass is 678 g/mol. The van der Waals surface area contributed by atoms with Crippen LogP contribution in [0.25, 0.3) is 22.2 Å². The number of carbonyl (C=O) groups is 1. The molecule has 0 saturated carbocycles. The number of nitrogens with zero attached hydrogens (tertiary/aromatic N) is 3. The van der Waals surface area contributed by atoms with Crippen molar-refractivity contribution in [1.29, 1.82) is 0 Å². The topological polar surface area (TPSA) is 82.6 Å². The van der Waals surface area contributed by atoms with E-state index in [0.29, 0.717) is 40.3 Å². The van der Waals surface area contributed by atoms with Gasteiger partial charge in [-0.05, 0) is 94.7 Å². The lowest BCUT2D eigenvalue weighted by Crippen LogP contribution is -2.46. The summed E-state index contributed by atoms with van der Waals surface area (Å²) in [5.41, 5.74) is 2.18. The second-order valence-corrected chi connectivity index (χ2v) is 15.1. The summed E-state index contributed by atoms with van der Waals surface area (Å²) in [5, 5.41) is 3.49. The van der Waals surface area contributed by atoms with Crippen LogP contribution in [0.1, 0.15) is 72.1 Å². The molecule has 2 fully saturated rings. The molecule has 2 aliphatic heterocycles. The molecule has 4 aromatic rings. The van der Waals surface area contributed by atoms with Crippen LogP contribution in [0.15, 0.2) is 77.7 Å². The van der Waals surface area contributed by atoms with Crippen LogP contribution >= 0.6 is 0 Å². The van der Waals surface area contributed by atoms with Gasteiger partial charge in [0, 0.05) is 35.4 Å². The molecule has 48 heavy (non-hydrogen) atoms. The molecule has 6 rings (SSSR count). The lowest BCUT2D eigenvalue weighted by Gasteiger charge is -2.40. The van der Waals surface area contributed by atoms with E-state index in [-0.39, 0.29) is 16.5 Å². The average Bonchev–Trinajstić information content (AvgIpc) is 3.08. The second-order valence-electron chi connectivity index (χ2n) is 13.0. The van der Waals surface area contributed by atoms with E-state index in [9.17, 15) is 26.4 Å². The Labute approximate surface area is 280 Å². The number of piperidine rings is 2. The van der Waals surface area contributed by atoms with Gasteiger partial charge in [-0.2, -0.15) is 13.2 Å². The van der Waals surface area contributed by atoms with Crippen molar-refractivity contribution in [2.24, 2.45) is 0 Å². The molecule has 1 aromatic heterocycles. The number of hydrogen-bond donors (Lipinski definition) is 1. The minimum Gasteiger partial charge on any atom is -0.345 e. The summed E-state index contributed by atoms with van der Waals surface area (Å²) in [7, 11) is -3.62. The smallest absolute Gasteiger partial charge is 0.345 e. The summed E-state index contributed by atoms with van der Waals surface area (Å²) in [5.74, 6) is -0.407. The van der Waals surface area contributed by atoms with E-state index in [1.54, 1.807) is 6.07 Å². The number of hydrogen-bond acceptors (Lipinski definition) is 6. The molecule has 2 saturated heterocycles. The van der Waals surface area contributed by atoms with E-state index in [0.717, 1.165) is 63.0 Å². The zero-order valence-electron chi connectivity index (χ0n) is 27.3. The first-order chi connectivity index (χ1) is 22.9. The summed E-state index contributed by atoms with van der Waals surface area (Å²) in [6, 6.07) is 19.0. The van der Waals surface area contributed by atoms with Crippen LogP contribution in [0.2, 0.25) is 0 Å². The number of rotatable bonds is 8. The lowest BCUT2D eigenvalue weighted by atomic mass is 9.93. The number of halogens is 3. The molecule has 11 heteroatoms. The van der Waals surface area contributed by atoms with Gasteiger partial charge in [0.2, 0.25) is 0 Å². The minimum absolute atomic E-state index is 0.0533. The van der Waals surface area contributed by atoms with Crippen molar-refractivity contribution in [3.8, 4) is 11.3 Å². The molecular weight excluding hydrogens is 637 g/mol. The first-order valence-corrected chi connectivity index (χ1v) is 18.4. The number of carbonyl (C=O) groups excluding carboxylic acids is 1. The molecule has 0 radical (unpaired) electrons. The quantitative estimate of drug-likeness (QED) is 0.211. The number of nitrogens with one attached hydrogen (secondary N) is 1. The molecule has 0 aliphatic carbocycles. The fourth-order valence-corrected chi connectivity index (χ4v) is 7.67. The summed E-state index contributed by atoms with van der Waals surface area (Å²) in [6.45, 7) is 6.01. The van der Waals surface area contributed by atoms with Crippen LogP contribution in [-0.4, -0.2) is 67.6 Å². The number of likely N-dealkylation sites (tertiary alicyclic amines) is 2. The molecule has 0 unspecified atom stereocenters. The number of pyridine rings is 1. The Balaban J connectivity index is 1.46. The third kappa shape index (κ3) is 7.58. The summed E-state index contributed by atoms with van der Waals surface area (Å²) in [6.07, 6.45) is 2.26. The third-order valence-electron chi connectivity index (χ3n) is 9.69. The first-order valence-electron chi connectivity index (χ1n) is 16.5. The molecule has 0 spiro atoms. The Morgan fingerprint density at radius 1 is 0.938 bits per heavy atom. The van der Waals surface area contributed by atoms with Gasteiger partial charge in [-0.1, -0.05) is 48.9 Å². The number of fused-ring (bicyclic) bond motifs is 1. The van der Waals surface area contributed by atoms with Gasteiger partial charge < -0.3 is 10.2 Å². The highest BCUT2D eigenvalue weighted by Gasteiger charge is 2.32. The summed E-state index contributed by atoms with van der Waals surface area (Å²) in [4.78, 5) is 24.2. The Kier molecular flexibility index (Phi) is 9.92. The zero-order valence-corrected chi connectivity index (χ0v) is 28.1. The lowest BCUT2D eigenvalue weighted by molar-refractivity contribution is -0.137. The first kappa shape index (κ1) is 34.1. The molecule has 1 N–H and O–H groups in total. The summed E-state index contributed by atoms with van der Waals surface area (Å²) >= 11 is 0. The van der Waals surface area contributed by atoms with Crippen molar-refractivity contribution in [2.75, 3.05) is 32.4 Å². The number of amides is 1. The fourth-order valence-electron chi connectivity index (χ4n) is 7.03. The average molecular weight is 679 g/mol. The number of alkyl halides is 3. The maximum absolute atomic E-state index is 14.4. The van der Waals surface area contributed by atoms with Gasteiger partial charge >= 0.3 is 6.18 Å². The molecule has 0 bridgehead atoms. The van der Waals surface area contributed by atoms with Gasteiger partial charge in [0.15, 0.2) is 9.84 Å². The molecule has 254 valence electrons. The van der Waals surface area contributed by atoms with Crippen molar-refractivity contribution < 1.29 is 26.4 Å². The highest BCUT2D eigenvalue weighted by Crippen LogP contribution is 2.36. The largest absolute Gasteiger partial charge is 0.416 e. The molecule has 2 aliphatic rings. The molecule has 3 heterocycles. The van der Waals surface area contributed by atoms with Crippen LogP contribution in [0, 0.1) is 0 Å². The Morgan fingerprint density at radius 3 is 2.23 bits per heavy atom. The van der Waals surface area contributed by atoms with Crippen molar-refractivity contribution >= 4 is 26.6 Å². The summed E-state index contributed by atoms with van der Waals surface area (Å²) < 4.78 is 65.9. The number of sulfone groups is 1. The van der Waals surface area contributed by atoms with Crippen LogP contribution in [0.4, 0.5) is 13.2 Å². The zero-order chi connectivity index (χ0) is 34.1. The Bertz CT molecular complexity index is 1870. The molecule has 7 nitrogen and oxygen atoms in total. The van der Waals surface area contributed by atoms with Crippen molar-refractivity contribution in [1.82, 2.24) is 20.1 Å². The Hall–Kier alpha value is -3.80.